The van der Waals surface area contributed by atoms with Crippen molar-refractivity contribution in [2.45, 2.75) is 0 Å². The van der Waals surface area contributed by atoms with Gasteiger partial charge in [-0.25, -0.2) is 14.4 Å². The fraction of sp³-hybridized carbons (Fsp3) is 0. The molecule has 0 radical (unpaired) electrons. The number of nitrogens with zero attached hydrogens (tertiary/aromatic N) is 3. The van der Waals surface area contributed by atoms with E-state index in [1.54, 1.807) is 36.4 Å². The monoisotopic (exact) mass is 873 g/mol. The standard InChI is InChI=1S/C21H9Br6N3O6/c22-10-1-4-16(13(25)7-10)34-28-19(31)29(35-17-5-2-11(23)8-14(17)26)21(33)30(20(28)32)36-18-6-3-12(24)9-15(18)27/h1-9H. The quantitative estimate of drug-likeness (QED) is 0.227. The van der Waals surface area contributed by atoms with E-state index < -0.39 is 17.1 Å². The summed E-state index contributed by atoms with van der Waals surface area (Å²) in [6.07, 6.45) is 0. The summed E-state index contributed by atoms with van der Waals surface area (Å²) in [6, 6.07) is 14.4. The number of aromatic nitrogens is 3. The molecule has 0 aliphatic heterocycles. The number of hydrogen-bond donors (Lipinski definition) is 0. The van der Waals surface area contributed by atoms with Crippen molar-refractivity contribution in [1.82, 2.24) is 14.2 Å². The molecule has 4 aromatic rings. The number of benzene rings is 3. The zero-order valence-electron chi connectivity index (χ0n) is 17.3. The van der Waals surface area contributed by atoms with Gasteiger partial charge in [-0.3, -0.25) is 0 Å². The van der Waals surface area contributed by atoms with Crippen molar-refractivity contribution < 1.29 is 14.5 Å². The van der Waals surface area contributed by atoms with Crippen LogP contribution < -0.4 is 31.6 Å². The maximum atomic E-state index is 13.2. The molecule has 0 bridgehead atoms. The van der Waals surface area contributed by atoms with Crippen LogP contribution in [0.1, 0.15) is 0 Å². The first-order chi connectivity index (χ1) is 17.0. The van der Waals surface area contributed by atoms with Gasteiger partial charge in [-0.1, -0.05) is 62.0 Å². The largest absolute Gasteiger partial charge is 0.404 e. The molecule has 0 aliphatic carbocycles. The first-order valence-electron chi connectivity index (χ1n) is 9.46. The number of hydrogen-bond acceptors (Lipinski definition) is 6. The van der Waals surface area contributed by atoms with Gasteiger partial charge in [0, 0.05) is 13.4 Å². The fourth-order valence-corrected chi connectivity index (χ4v) is 6.03. The van der Waals surface area contributed by atoms with Gasteiger partial charge in [-0.2, -0.15) is 0 Å². The van der Waals surface area contributed by atoms with Gasteiger partial charge in [0.15, 0.2) is 17.2 Å². The average molecular weight is 879 g/mol. The predicted molar refractivity (Wildman–Crippen MR) is 153 cm³/mol. The van der Waals surface area contributed by atoms with E-state index in [-0.39, 0.29) is 17.2 Å². The van der Waals surface area contributed by atoms with E-state index >= 15 is 0 Å². The minimum absolute atomic E-state index is 0.115. The summed E-state index contributed by atoms with van der Waals surface area (Å²) in [5, 5.41) is 0. The molecule has 4 rings (SSSR count). The fourth-order valence-electron chi connectivity index (χ4n) is 2.67. The van der Waals surface area contributed by atoms with Crippen LogP contribution in [-0.4, -0.2) is 14.2 Å². The molecule has 0 spiro atoms. The van der Waals surface area contributed by atoms with Gasteiger partial charge in [-0.15, -0.1) is 0 Å². The molecule has 36 heavy (non-hydrogen) atoms. The molecule has 0 saturated carbocycles. The highest BCUT2D eigenvalue weighted by Gasteiger charge is 2.22. The van der Waals surface area contributed by atoms with E-state index in [0.29, 0.717) is 27.6 Å². The van der Waals surface area contributed by atoms with Crippen LogP contribution in [0.15, 0.2) is 95.8 Å². The number of rotatable bonds is 6. The molecule has 1 aromatic heterocycles. The van der Waals surface area contributed by atoms with Crippen molar-refractivity contribution in [2.24, 2.45) is 0 Å². The van der Waals surface area contributed by atoms with E-state index in [1.807, 2.05) is 0 Å². The van der Waals surface area contributed by atoms with Gasteiger partial charge >= 0.3 is 17.1 Å². The Balaban J connectivity index is 1.91. The lowest BCUT2D eigenvalue weighted by atomic mass is 10.3. The summed E-state index contributed by atoms with van der Waals surface area (Å²) in [6.45, 7) is 0. The van der Waals surface area contributed by atoms with Crippen LogP contribution in [0.25, 0.3) is 0 Å². The van der Waals surface area contributed by atoms with E-state index in [0.717, 1.165) is 13.4 Å². The first-order valence-corrected chi connectivity index (χ1v) is 14.2. The second kappa shape index (κ2) is 11.4. The Morgan fingerprint density at radius 2 is 0.694 bits per heavy atom. The predicted octanol–water partition coefficient (Wildman–Crippen LogP) is 6.27. The van der Waals surface area contributed by atoms with Crippen LogP contribution in [0.2, 0.25) is 0 Å². The molecular formula is C21H9Br6N3O6. The number of halogens is 6. The first kappa shape index (κ1) is 27.4. The van der Waals surface area contributed by atoms with Gasteiger partial charge in [0.05, 0.1) is 13.4 Å². The smallest absolute Gasteiger partial charge is 0.365 e. The second-order valence-corrected chi connectivity index (χ2v) is 12.0. The molecular weight excluding hydrogens is 870 g/mol. The van der Waals surface area contributed by atoms with Crippen molar-refractivity contribution in [2.75, 3.05) is 0 Å². The van der Waals surface area contributed by atoms with Crippen LogP contribution in [0.4, 0.5) is 0 Å². The molecule has 0 saturated heterocycles. The van der Waals surface area contributed by atoms with Crippen molar-refractivity contribution in [3.05, 3.63) is 113 Å². The summed E-state index contributed by atoms with van der Waals surface area (Å²) in [5.41, 5.74) is -3.61. The van der Waals surface area contributed by atoms with Crippen LogP contribution >= 0.6 is 95.6 Å². The Bertz CT molecular complexity index is 1440. The van der Waals surface area contributed by atoms with Gasteiger partial charge in [0.1, 0.15) is 0 Å². The van der Waals surface area contributed by atoms with Gasteiger partial charge in [-0.05, 0) is 102 Å². The van der Waals surface area contributed by atoms with Crippen molar-refractivity contribution in [1.29, 1.82) is 0 Å². The third-order valence-corrected chi connectivity index (χ3v) is 7.63. The molecule has 0 amide bonds. The highest BCUT2D eigenvalue weighted by Crippen LogP contribution is 2.30. The zero-order chi connectivity index (χ0) is 26.1. The molecule has 0 unspecified atom stereocenters. The highest BCUT2D eigenvalue weighted by molar-refractivity contribution is 9.11. The van der Waals surface area contributed by atoms with Crippen LogP contribution in [0.3, 0.4) is 0 Å². The van der Waals surface area contributed by atoms with Crippen LogP contribution in [0.5, 0.6) is 17.2 Å². The van der Waals surface area contributed by atoms with Crippen LogP contribution in [-0.2, 0) is 0 Å². The lowest BCUT2D eigenvalue weighted by molar-refractivity contribution is 0.0645. The average Bonchev–Trinajstić information content (AvgIpc) is 2.81. The molecule has 3 aromatic carbocycles. The molecule has 0 fully saturated rings. The Labute approximate surface area is 252 Å². The summed E-state index contributed by atoms with van der Waals surface area (Å²) >= 11 is 19.9. The van der Waals surface area contributed by atoms with Crippen molar-refractivity contribution >= 4 is 95.6 Å². The molecule has 15 heteroatoms. The lowest BCUT2D eigenvalue weighted by Gasteiger charge is -2.15. The Morgan fingerprint density at radius 1 is 0.444 bits per heavy atom. The van der Waals surface area contributed by atoms with E-state index in [9.17, 15) is 14.4 Å². The van der Waals surface area contributed by atoms with Gasteiger partial charge < -0.3 is 14.5 Å². The molecule has 1 heterocycles. The van der Waals surface area contributed by atoms with Crippen LogP contribution in [0, 0.1) is 0 Å². The van der Waals surface area contributed by atoms with Gasteiger partial charge in [0.25, 0.3) is 0 Å². The molecule has 0 N–H and O–H groups in total. The Hall–Kier alpha value is -1.65. The minimum atomic E-state index is -1.20. The summed E-state index contributed by atoms with van der Waals surface area (Å²) in [4.78, 5) is 56.4. The maximum Gasteiger partial charge on any atom is 0.404 e. The molecule has 9 nitrogen and oxygen atoms in total. The van der Waals surface area contributed by atoms with E-state index in [2.05, 4.69) is 95.6 Å². The maximum absolute atomic E-state index is 13.2. The zero-order valence-corrected chi connectivity index (χ0v) is 26.8. The minimum Gasteiger partial charge on any atom is -0.365 e. The summed E-state index contributed by atoms with van der Waals surface area (Å²) in [7, 11) is 0. The Kier molecular flexibility index (Phi) is 8.67. The molecule has 0 atom stereocenters. The second-order valence-electron chi connectivity index (χ2n) is 6.73. The molecule has 0 aliphatic rings. The SMILES string of the molecule is O=c1n(Oc2ccc(Br)cc2Br)c(=O)n(Oc2ccc(Br)cc2Br)c(=O)n1Oc1ccc(Br)cc1Br. The van der Waals surface area contributed by atoms with Gasteiger partial charge in [0.2, 0.25) is 0 Å². The third kappa shape index (κ3) is 5.91. The molecule has 186 valence electrons. The van der Waals surface area contributed by atoms with Crippen molar-refractivity contribution in [3.8, 4) is 17.2 Å². The van der Waals surface area contributed by atoms with Crippen molar-refractivity contribution in [3.63, 3.8) is 0 Å². The third-order valence-electron chi connectivity index (χ3n) is 4.29. The lowest BCUT2D eigenvalue weighted by Crippen LogP contribution is -2.58. The summed E-state index contributed by atoms with van der Waals surface area (Å²) in [5.74, 6) is 0.344. The highest BCUT2D eigenvalue weighted by atomic mass is 79.9. The topological polar surface area (TPSA) is 93.7 Å². The summed E-state index contributed by atoms with van der Waals surface area (Å²) < 4.78 is 4.50. The van der Waals surface area contributed by atoms with E-state index in [4.69, 9.17) is 14.5 Å². The Morgan fingerprint density at radius 3 is 0.917 bits per heavy atom. The van der Waals surface area contributed by atoms with E-state index in [1.165, 1.54) is 18.2 Å². The normalized spacial score (nSPS) is 10.8.